The standard InChI is InChI=1S/C28H31ClN4O2S2/c1-5-10-32-25(31-14-17(2)11-18(3)15-31)21(19(4)22(13-30)26(32)34)12-24-27(35)33(28(36)37-24)16-20-8-6-7-9-23(20)29/h6-9,12,17-18H,5,10-11,14-16H2,1-4H3/b24-12+. The van der Waals surface area contributed by atoms with Crippen LogP contribution in [0.3, 0.4) is 0 Å². The van der Waals surface area contributed by atoms with Crippen LogP contribution in [-0.2, 0) is 17.9 Å². The Morgan fingerprint density at radius 1 is 1.22 bits per heavy atom. The maximum absolute atomic E-state index is 13.5. The van der Waals surface area contributed by atoms with E-state index in [1.807, 2.05) is 31.2 Å². The predicted octanol–water partition coefficient (Wildman–Crippen LogP) is 5.98. The third-order valence-electron chi connectivity index (χ3n) is 6.90. The van der Waals surface area contributed by atoms with E-state index in [9.17, 15) is 14.9 Å². The van der Waals surface area contributed by atoms with E-state index in [0.29, 0.717) is 38.2 Å². The minimum absolute atomic E-state index is 0.119. The molecule has 0 saturated carbocycles. The summed E-state index contributed by atoms with van der Waals surface area (Å²) in [5.74, 6) is 1.52. The number of rotatable bonds is 6. The molecular weight excluding hydrogens is 524 g/mol. The number of halogens is 1. The van der Waals surface area contributed by atoms with Crippen molar-refractivity contribution < 1.29 is 4.79 Å². The highest BCUT2D eigenvalue weighted by molar-refractivity contribution is 8.26. The van der Waals surface area contributed by atoms with Gasteiger partial charge in [-0.05, 0) is 54.9 Å². The molecule has 0 spiro atoms. The summed E-state index contributed by atoms with van der Waals surface area (Å²) in [6.07, 6.45) is 3.70. The molecule has 0 aliphatic carbocycles. The van der Waals surface area contributed by atoms with Crippen molar-refractivity contribution in [2.24, 2.45) is 11.8 Å². The second-order valence-electron chi connectivity index (χ2n) is 10.0. The molecule has 0 N–H and O–H groups in total. The Balaban J connectivity index is 1.84. The molecule has 2 saturated heterocycles. The number of hydrogen-bond acceptors (Lipinski definition) is 6. The maximum atomic E-state index is 13.5. The number of piperidine rings is 1. The molecule has 1 aromatic heterocycles. The van der Waals surface area contributed by atoms with E-state index in [-0.39, 0.29) is 23.6 Å². The zero-order valence-corrected chi connectivity index (χ0v) is 24.0. The Morgan fingerprint density at radius 2 is 1.89 bits per heavy atom. The monoisotopic (exact) mass is 554 g/mol. The van der Waals surface area contributed by atoms with E-state index in [4.69, 9.17) is 23.8 Å². The van der Waals surface area contributed by atoms with Crippen molar-refractivity contribution in [2.75, 3.05) is 18.0 Å². The number of nitriles is 1. The van der Waals surface area contributed by atoms with Crippen molar-refractivity contribution in [1.82, 2.24) is 9.47 Å². The van der Waals surface area contributed by atoms with Gasteiger partial charge < -0.3 is 4.90 Å². The van der Waals surface area contributed by atoms with Gasteiger partial charge in [0.25, 0.3) is 11.5 Å². The smallest absolute Gasteiger partial charge is 0.270 e. The summed E-state index contributed by atoms with van der Waals surface area (Å²) in [6, 6.07) is 9.52. The van der Waals surface area contributed by atoms with Gasteiger partial charge in [0.05, 0.1) is 11.4 Å². The van der Waals surface area contributed by atoms with Gasteiger partial charge in [-0.25, -0.2) is 0 Å². The lowest BCUT2D eigenvalue weighted by atomic mass is 9.91. The SMILES string of the molecule is CCCn1c(N2CC(C)CC(C)C2)c(/C=C2/SC(=S)N(Cc3ccccc3Cl)C2=O)c(C)c(C#N)c1=O. The van der Waals surface area contributed by atoms with Gasteiger partial charge in [-0.3, -0.25) is 19.1 Å². The highest BCUT2D eigenvalue weighted by Gasteiger charge is 2.34. The molecule has 9 heteroatoms. The number of anilines is 1. The van der Waals surface area contributed by atoms with Crippen LogP contribution in [0, 0.1) is 30.1 Å². The van der Waals surface area contributed by atoms with E-state index >= 15 is 0 Å². The summed E-state index contributed by atoms with van der Waals surface area (Å²) in [7, 11) is 0. The molecule has 2 atom stereocenters. The molecule has 2 aliphatic heterocycles. The summed E-state index contributed by atoms with van der Waals surface area (Å²) >= 11 is 13.2. The predicted molar refractivity (Wildman–Crippen MR) is 156 cm³/mol. The van der Waals surface area contributed by atoms with Crippen molar-refractivity contribution >= 4 is 57.7 Å². The fourth-order valence-corrected chi connectivity index (χ4v) is 6.75. The van der Waals surface area contributed by atoms with Crippen molar-refractivity contribution in [3.8, 4) is 6.07 Å². The van der Waals surface area contributed by atoms with Crippen LogP contribution in [0.5, 0.6) is 0 Å². The number of nitrogens with zero attached hydrogens (tertiary/aromatic N) is 4. The molecule has 37 heavy (non-hydrogen) atoms. The van der Waals surface area contributed by atoms with E-state index in [1.165, 1.54) is 11.8 Å². The first kappa shape index (κ1) is 27.4. The Bertz CT molecular complexity index is 1370. The van der Waals surface area contributed by atoms with Crippen molar-refractivity contribution in [3.05, 3.63) is 66.8 Å². The van der Waals surface area contributed by atoms with Crippen LogP contribution >= 0.6 is 35.6 Å². The topological polar surface area (TPSA) is 69.3 Å². The number of pyridine rings is 1. The van der Waals surface area contributed by atoms with Crippen molar-refractivity contribution in [2.45, 2.75) is 53.6 Å². The van der Waals surface area contributed by atoms with Gasteiger partial charge in [-0.1, -0.05) is 74.6 Å². The largest absolute Gasteiger partial charge is 0.357 e. The summed E-state index contributed by atoms with van der Waals surface area (Å²) < 4.78 is 2.19. The highest BCUT2D eigenvalue weighted by Crippen LogP contribution is 2.38. The summed E-state index contributed by atoms with van der Waals surface area (Å²) in [5.41, 5.74) is 2.00. The zero-order valence-electron chi connectivity index (χ0n) is 21.6. The van der Waals surface area contributed by atoms with Crippen LogP contribution in [0.15, 0.2) is 34.0 Å². The van der Waals surface area contributed by atoms with Crippen LogP contribution in [0.4, 0.5) is 5.82 Å². The number of carbonyl (C=O) groups is 1. The first-order valence-corrected chi connectivity index (χ1v) is 14.2. The lowest BCUT2D eigenvalue weighted by Crippen LogP contribution is -2.43. The van der Waals surface area contributed by atoms with Crippen LogP contribution in [0.25, 0.3) is 6.08 Å². The second-order valence-corrected chi connectivity index (χ2v) is 12.1. The molecule has 194 valence electrons. The van der Waals surface area contributed by atoms with Crippen molar-refractivity contribution in [1.29, 1.82) is 5.26 Å². The number of hydrogen-bond donors (Lipinski definition) is 0. The highest BCUT2D eigenvalue weighted by atomic mass is 35.5. The van der Waals surface area contributed by atoms with Crippen LogP contribution in [0.1, 0.15) is 55.9 Å². The van der Waals surface area contributed by atoms with Gasteiger partial charge in [0.1, 0.15) is 21.8 Å². The molecule has 2 fully saturated rings. The first-order chi connectivity index (χ1) is 17.7. The van der Waals surface area contributed by atoms with E-state index < -0.39 is 0 Å². The Morgan fingerprint density at radius 3 is 2.51 bits per heavy atom. The number of thioether (sulfide) groups is 1. The molecular formula is C28H31ClN4O2S2. The molecule has 2 aromatic rings. The average Bonchev–Trinajstić information content (AvgIpc) is 3.10. The molecule has 1 amide bonds. The number of thiocarbonyl (C=S) groups is 1. The molecule has 3 heterocycles. The van der Waals surface area contributed by atoms with E-state index in [2.05, 4.69) is 24.8 Å². The second kappa shape index (κ2) is 11.4. The molecule has 1 aromatic carbocycles. The van der Waals surface area contributed by atoms with Gasteiger partial charge in [0.2, 0.25) is 0 Å². The summed E-state index contributed by atoms with van der Waals surface area (Å²) in [5, 5.41) is 10.5. The lowest BCUT2D eigenvalue weighted by Gasteiger charge is -2.39. The fourth-order valence-electron chi connectivity index (χ4n) is 5.32. The van der Waals surface area contributed by atoms with E-state index in [1.54, 1.807) is 22.5 Å². The Kier molecular flexibility index (Phi) is 8.47. The molecule has 0 radical (unpaired) electrons. The molecule has 2 unspecified atom stereocenters. The molecule has 0 bridgehead atoms. The van der Waals surface area contributed by atoms with Gasteiger partial charge >= 0.3 is 0 Å². The van der Waals surface area contributed by atoms with Gasteiger partial charge in [-0.15, -0.1) is 0 Å². The minimum Gasteiger partial charge on any atom is -0.357 e. The van der Waals surface area contributed by atoms with Crippen LogP contribution in [-0.4, -0.2) is 32.8 Å². The van der Waals surface area contributed by atoms with Gasteiger partial charge in [-0.2, -0.15) is 5.26 Å². The molecule has 6 nitrogen and oxygen atoms in total. The van der Waals surface area contributed by atoms with Crippen LogP contribution in [0.2, 0.25) is 5.02 Å². The first-order valence-electron chi connectivity index (χ1n) is 12.6. The van der Waals surface area contributed by atoms with Crippen LogP contribution < -0.4 is 10.5 Å². The van der Waals surface area contributed by atoms with Gasteiger partial charge in [0, 0.05) is 30.2 Å². The number of amides is 1. The number of aromatic nitrogens is 1. The average molecular weight is 555 g/mol. The Labute approximate surface area is 232 Å². The third kappa shape index (κ3) is 5.50. The maximum Gasteiger partial charge on any atom is 0.270 e. The van der Waals surface area contributed by atoms with Crippen molar-refractivity contribution in [3.63, 3.8) is 0 Å². The fraction of sp³-hybridized carbons (Fsp3) is 0.429. The molecule has 2 aliphatic rings. The molecule has 4 rings (SSSR count). The summed E-state index contributed by atoms with van der Waals surface area (Å²) in [6.45, 7) is 10.7. The normalized spacial score (nSPS) is 21.1. The zero-order chi connectivity index (χ0) is 26.9. The lowest BCUT2D eigenvalue weighted by molar-refractivity contribution is -0.122. The summed E-state index contributed by atoms with van der Waals surface area (Å²) in [4.78, 5) is 31.2. The third-order valence-corrected chi connectivity index (χ3v) is 8.64. The quantitative estimate of drug-likeness (QED) is 0.323. The number of carbonyl (C=O) groups excluding carboxylic acids is 1. The van der Waals surface area contributed by atoms with Gasteiger partial charge in [0.15, 0.2) is 0 Å². The number of benzene rings is 1. The minimum atomic E-state index is -0.272. The van der Waals surface area contributed by atoms with E-state index in [0.717, 1.165) is 42.9 Å². The Hall–Kier alpha value is -2.60.